The summed E-state index contributed by atoms with van der Waals surface area (Å²) in [5, 5.41) is 2.51. The van der Waals surface area contributed by atoms with Crippen LogP contribution in [0.2, 0.25) is 0 Å². The smallest absolute Gasteiger partial charge is 0.325 e. The molecule has 1 aliphatic heterocycles. The molecule has 1 unspecified atom stereocenters. The fraction of sp³-hybridized carbons (Fsp3) is 0.316. The van der Waals surface area contributed by atoms with Crippen LogP contribution in [0.5, 0.6) is 0 Å². The summed E-state index contributed by atoms with van der Waals surface area (Å²) >= 11 is 0. The number of nitrogens with one attached hydrogen (secondary N) is 1. The Morgan fingerprint density at radius 2 is 1.68 bits per heavy atom. The number of carbonyl (C=O) groups excluding carboxylic acids is 1. The Morgan fingerprint density at radius 1 is 1.07 bits per heavy atom. The molecule has 1 fully saturated rings. The zero-order valence-corrected chi connectivity index (χ0v) is 15.8. The average molecular weight is 412 g/mol. The van der Waals surface area contributed by atoms with Gasteiger partial charge in [-0.3, -0.25) is 4.79 Å². The molecule has 28 heavy (non-hydrogen) atoms. The Balaban J connectivity index is 1.77. The quantitative estimate of drug-likeness (QED) is 0.831. The Morgan fingerprint density at radius 3 is 2.25 bits per heavy atom. The molecule has 1 N–H and O–H groups in total. The van der Waals surface area contributed by atoms with E-state index in [1.54, 1.807) is 12.1 Å². The van der Waals surface area contributed by atoms with Crippen LogP contribution in [-0.4, -0.2) is 31.2 Å². The lowest BCUT2D eigenvalue weighted by atomic mass is 10.2. The molecule has 2 aromatic rings. The summed E-state index contributed by atoms with van der Waals surface area (Å²) in [7, 11) is -3.84. The highest BCUT2D eigenvalue weighted by Gasteiger charge is 2.39. The first-order valence-corrected chi connectivity index (χ1v) is 10.1. The molecule has 9 heteroatoms. The van der Waals surface area contributed by atoms with Gasteiger partial charge in [0, 0.05) is 12.2 Å². The summed E-state index contributed by atoms with van der Waals surface area (Å²) in [6, 6.07) is 9.47. The number of rotatable bonds is 4. The normalized spacial score (nSPS) is 18.2. The number of nitrogens with zero attached hydrogens (tertiary/aromatic N) is 1. The van der Waals surface area contributed by atoms with Gasteiger partial charge in [-0.2, -0.15) is 17.5 Å². The zero-order chi connectivity index (χ0) is 20.5. The van der Waals surface area contributed by atoms with E-state index in [0.717, 1.165) is 34.1 Å². The molecule has 1 saturated heterocycles. The van der Waals surface area contributed by atoms with Gasteiger partial charge in [-0.25, -0.2) is 8.42 Å². The first kappa shape index (κ1) is 20.3. The molecule has 0 aromatic heterocycles. The highest BCUT2D eigenvalue weighted by Crippen LogP contribution is 2.30. The van der Waals surface area contributed by atoms with Crippen molar-refractivity contribution in [3.8, 4) is 0 Å². The van der Waals surface area contributed by atoms with E-state index in [0.29, 0.717) is 12.8 Å². The third-order valence-corrected chi connectivity index (χ3v) is 6.54. The number of anilines is 1. The summed E-state index contributed by atoms with van der Waals surface area (Å²) in [6.07, 6.45) is -3.60. The van der Waals surface area contributed by atoms with E-state index in [9.17, 15) is 26.4 Å². The highest BCUT2D eigenvalue weighted by atomic mass is 32.2. The number of hydrogen-bond acceptors (Lipinski definition) is 3. The largest absolute Gasteiger partial charge is 0.416 e. The molecule has 1 aliphatic rings. The number of aryl methyl sites for hydroxylation is 1. The van der Waals surface area contributed by atoms with E-state index < -0.39 is 33.7 Å². The SMILES string of the molecule is Cc1ccc(S(=O)(=O)N2CCCC2C(=O)Nc2ccc(C(F)(F)F)cc2)cc1. The summed E-state index contributed by atoms with van der Waals surface area (Å²) in [5.74, 6) is -0.562. The van der Waals surface area contributed by atoms with E-state index in [2.05, 4.69) is 5.32 Å². The molecule has 1 atom stereocenters. The second-order valence-corrected chi connectivity index (χ2v) is 8.54. The van der Waals surface area contributed by atoms with E-state index in [4.69, 9.17) is 0 Å². The van der Waals surface area contributed by atoms with Crippen molar-refractivity contribution in [2.24, 2.45) is 0 Å². The van der Waals surface area contributed by atoms with Crippen molar-refractivity contribution in [1.29, 1.82) is 0 Å². The van der Waals surface area contributed by atoms with Gasteiger partial charge in [0.1, 0.15) is 6.04 Å². The highest BCUT2D eigenvalue weighted by molar-refractivity contribution is 7.89. The van der Waals surface area contributed by atoms with Crippen molar-refractivity contribution in [3.63, 3.8) is 0 Å². The molecule has 150 valence electrons. The number of benzene rings is 2. The number of alkyl halides is 3. The monoisotopic (exact) mass is 412 g/mol. The van der Waals surface area contributed by atoms with Crippen LogP contribution in [0.4, 0.5) is 18.9 Å². The van der Waals surface area contributed by atoms with Gasteiger partial charge in [0.15, 0.2) is 0 Å². The molecule has 0 spiro atoms. The van der Waals surface area contributed by atoms with Crippen molar-refractivity contribution >= 4 is 21.6 Å². The topological polar surface area (TPSA) is 66.5 Å². The van der Waals surface area contributed by atoms with Crippen LogP contribution in [0.15, 0.2) is 53.4 Å². The number of carbonyl (C=O) groups is 1. The van der Waals surface area contributed by atoms with Gasteiger partial charge in [0.05, 0.1) is 10.5 Å². The van der Waals surface area contributed by atoms with Crippen LogP contribution in [0.3, 0.4) is 0 Å². The van der Waals surface area contributed by atoms with Crippen LogP contribution in [0.1, 0.15) is 24.0 Å². The van der Waals surface area contributed by atoms with Crippen LogP contribution in [0.25, 0.3) is 0 Å². The van der Waals surface area contributed by atoms with Crippen LogP contribution in [-0.2, 0) is 21.0 Å². The minimum atomic E-state index is -4.47. The Kier molecular flexibility index (Phi) is 5.49. The average Bonchev–Trinajstić information content (AvgIpc) is 3.12. The Hall–Kier alpha value is -2.39. The molecule has 0 aliphatic carbocycles. The summed E-state index contributed by atoms with van der Waals surface area (Å²) in [5.41, 5.74) is 0.268. The van der Waals surface area contributed by atoms with Crippen LogP contribution >= 0.6 is 0 Å². The standard InChI is InChI=1S/C19H19F3N2O3S/c1-13-4-10-16(11-5-13)28(26,27)24-12-2-3-17(24)18(25)23-15-8-6-14(7-9-15)19(20,21)22/h4-11,17H,2-3,12H2,1H3,(H,23,25). The van der Waals surface area contributed by atoms with Crippen molar-refractivity contribution in [3.05, 3.63) is 59.7 Å². The van der Waals surface area contributed by atoms with Crippen molar-refractivity contribution < 1.29 is 26.4 Å². The number of sulfonamides is 1. The third-order valence-electron chi connectivity index (χ3n) is 4.61. The molecule has 0 radical (unpaired) electrons. The summed E-state index contributed by atoms with van der Waals surface area (Å²) in [4.78, 5) is 12.7. The molecule has 0 bridgehead atoms. The van der Waals surface area contributed by atoms with Gasteiger partial charge in [-0.05, 0) is 56.2 Å². The predicted molar refractivity (Wildman–Crippen MR) is 98.2 cm³/mol. The maximum absolute atomic E-state index is 12.9. The molecule has 3 rings (SSSR count). The zero-order valence-electron chi connectivity index (χ0n) is 15.0. The van der Waals surface area contributed by atoms with Crippen LogP contribution < -0.4 is 5.32 Å². The van der Waals surface area contributed by atoms with Gasteiger partial charge in [0.25, 0.3) is 0 Å². The maximum Gasteiger partial charge on any atom is 0.416 e. The summed E-state index contributed by atoms with van der Waals surface area (Å²) in [6.45, 7) is 2.05. The maximum atomic E-state index is 12.9. The Bertz CT molecular complexity index is 955. The second-order valence-electron chi connectivity index (χ2n) is 6.65. The van der Waals surface area contributed by atoms with Gasteiger partial charge in [-0.15, -0.1) is 0 Å². The number of hydrogen-bond donors (Lipinski definition) is 1. The van der Waals surface area contributed by atoms with Crippen molar-refractivity contribution in [2.45, 2.75) is 36.9 Å². The van der Waals surface area contributed by atoms with E-state index in [1.807, 2.05) is 6.92 Å². The number of halogens is 3. The molecule has 0 saturated carbocycles. The fourth-order valence-corrected chi connectivity index (χ4v) is 4.76. The molecule has 1 heterocycles. The molecule has 1 amide bonds. The lowest BCUT2D eigenvalue weighted by Crippen LogP contribution is -2.43. The third kappa shape index (κ3) is 4.20. The van der Waals surface area contributed by atoms with E-state index >= 15 is 0 Å². The Labute approximate surface area is 161 Å². The minimum Gasteiger partial charge on any atom is -0.325 e. The molecule has 5 nitrogen and oxygen atoms in total. The van der Waals surface area contributed by atoms with Crippen LogP contribution in [0, 0.1) is 6.92 Å². The lowest BCUT2D eigenvalue weighted by Gasteiger charge is -2.23. The van der Waals surface area contributed by atoms with Gasteiger partial charge >= 0.3 is 6.18 Å². The van der Waals surface area contributed by atoms with E-state index in [1.165, 1.54) is 12.1 Å². The molecular formula is C19H19F3N2O3S. The van der Waals surface area contributed by atoms with Crippen molar-refractivity contribution in [2.75, 3.05) is 11.9 Å². The number of amides is 1. The predicted octanol–water partition coefficient (Wildman–Crippen LogP) is 3.81. The minimum absolute atomic E-state index is 0.104. The molecule has 2 aromatic carbocycles. The van der Waals surface area contributed by atoms with E-state index in [-0.39, 0.29) is 17.1 Å². The van der Waals surface area contributed by atoms with Gasteiger partial charge < -0.3 is 5.32 Å². The first-order valence-electron chi connectivity index (χ1n) is 8.66. The van der Waals surface area contributed by atoms with Gasteiger partial charge in [-0.1, -0.05) is 17.7 Å². The first-order chi connectivity index (χ1) is 13.1. The second kappa shape index (κ2) is 7.56. The van der Waals surface area contributed by atoms with Gasteiger partial charge in [0.2, 0.25) is 15.9 Å². The lowest BCUT2D eigenvalue weighted by molar-refractivity contribution is -0.137. The summed E-state index contributed by atoms with van der Waals surface area (Å²) < 4.78 is 64.8. The van der Waals surface area contributed by atoms with Crippen molar-refractivity contribution in [1.82, 2.24) is 4.31 Å². The fourth-order valence-electron chi connectivity index (χ4n) is 3.10. The molecular weight excluding hydrogens is 393 g/mol.